The topological polar surface area (TPSA) is 106 Å². The van der Waals surface area contributed by atoms with Crippen LogP contribution < -0.4 is 5.32 Å². The fraction of sp³-hybridized carbons (Fsp3) is 0.267. The van der Waals surface area contributed by atoms with E-state index in [1.54, 1.807) is 18.3 Å². The second-order valence-corrected chi connectivity index (χ2v) is 5.99. The van der Waals surface area contributed by atoms with Crippen LogP contribution in [0.1, 0.15) is 34.6 Å². The third kappa shape index (κ3) is 3.63. The number of H-pyrrole nitrogens is 1. The van der Waals surface area contributed by atoms with Crippen LogP contribution in [0.25, 0.3) is 11.4 Å². The normalized spacial score (nSPS) is 12.1. The van der Waals surface area contributed by atoms with E-state index in [1.807, 2.05) is 26.0 Å². The number of ether oxygens (including phenoxy) is 1. The van der Waals surface area contributed by atoms with Gasteiger partial charge in [0.25, 0.3) is 5.91 Å². The molecule has 0 fully saturated rings. The van der Waals surface area contributed by atoms with E-state index >= 15 is 0 Å². The summed E-state index contributed by atoms with van der Waals surface area (Å²) in [5.74, 6) is 0.305. The average molecular weight is 344 g/mol. The number of aromatic nitrogens is 5. The van der Waals surface area contributed by atoms with Crippen molar-refractivity contribution in [3.63, 3.8) is 0 Å². The number of hydrogen-bond acceptors (Lipinski definition) is 7. The molecule has 0 aliphatic carbocycles. The Morgan fingerprint density at radius 2 is 2.17 bits per heavy atom. The van der Waals surface area contributed by atoms with Gasteiger partial charge in [0.15, 0.2) is 0 Å². The number of amides is 1. The maximum atomic E-state index is 12.3. The van der Waals surface area contributed by atoms with Crippen LogP contribution in [0.2, 0.25) is 0 Å². The Morgan fingerprint density at radius 1 is 1.38 bits per heavy atom. The molecule has 0 aliphatic rings. The first kappa shape index (κ1) is 16.2. The van der Waals surface area contributed by atoms with Gasteiger partial charge in [0.05, 0.1) is 6.20 Å². The molecule has 0 spiro atoms. The van der Waals surface area contributed by atoms with Crippen LogP contribution in [-0.2, 0) is 4.74 Å². The van der Waals surface area contributed by atoms with Crippen molar-refractivity contribution in [3.05, 3.63) is 40.3 Å². The Bertz CT molecular complexity index is 800. The number of thiazole rings is 1. The summed E-state index contributed by atoms with van der Waals surface area (Å²) in [6.07, 6.45) is 1.45. The van der Waals surface area contributed by atoms with Crippen molar-refractivity contribution >= 4 is 22.9 Å². The number of anilines is 1. The molecule has 2 N–H and O–H groups in total. The first-order chi connectivity index (χ1) is 11.7. The van der Waals surface area contributed by atoms with E-state index in [0.29, 0.717) is 23.0 Å². The van der Waals surface area contributed by atoms with Gasteiger partial charge in [-0.3, -0.25) is 4.79 Å². The van der Waals surface area contributed by atoms with Crippen LogP contribution in [0, 0.1) is 0 Å². The highest BCUT2D eigenvalue weighted by Gasteiger charge is 2.15. The molecule has 0 saturated carbocycles. The second kappa shape index (κ2) is 7.28. The minimum Gasteiger partial charge on any atom is -0.372 e. The van der Waals surface area contributed by atoms with Crippen LogP contribution in [0.5, 0.6) is 0 Å². The SMILES string of the molecule is CCO[C@@H](C)c1ncc(C(=O)Nc2ccc(-c3nn[nH]n3)cc2)s1. The van der Waals surface area contributed by atoms with E-state index in [0.717, 1.165) is 10.6 Å². The van der Waals surface area contributed by atoms with E-state index in [2.05, 4.69) is 30.9 Å². The molecular formula is C15H16N6O2S. The largest absolute Gasteiger partial charge is 0.372 e. The zero-order chi connectivity index (χ0) is 16.9. The Morgan fingerprint density at radius 3 is 2.83 bits per heavy atom. The molecule has 0 aliphatic heterocycles. The summed E-state index contributed by atoms with van der Waals surface area (Å²) in [5.41, 5.74) is 1.49. The summed E-state index contributed by atoms with van der Waals surface area (Å²) in [5, 5.41) is 17.4. The average Bonchev–Trinajstić information content (AvgIpc) is 3.28. The van der Waals surface area contributed by atoms with Crippen LogP contribution >= 0.6 is 11.3 Å². The lowest BCUT2D eigenvalue weighted by Crippen LogP contribution is -2.09. The predicted molar refractivity (Wildman–Crippen MR) is 89.7 cm³/mol. The minimum atomic E-state index is -0.199. The number of nitrogens with one attached hydrogen (secondary N) is 2. The van der Waals surface area contributed by atoms with Gasteiger partial charge < -0.3 is 10.1 Å². The van der Waals surface area contributed by atoms with E-state index in [1.165, 1.54) is 11.3 Å². The van der Waals surface area contributed by atoms with Crippen LogP contribution in [-0.4, -0.2) is 38.1 Å². The van der Waals surface area contributed by atoms with E-state index in [9.17, 15) is 4.79 Å². The number of carbonyl (C=O) groups excluding carboxylic acids is 1. The van der Waals surface area contributed by atoms with Gasteiger partial charge in [0.1, 0.15) is 16.0 Å². The van der Waals surface area contributed by atoms with Crippen molar-refractivity contribution in [1.82, 2.24) is 25.6 Å². The number of tetrazole rings is 1. The molecule has 2 heterocycles. The maximum Gasteiger partial charge on any atom is 0.267 e. The number of aromatic amines is 1. The van der Waals surface area contributed by atoms with Crippen molar-refractivity contribution in [2.45, 2.75) is 20.0 Å². The van der Waals surface area contributed by atoms with Crippen LogP contribution in [0.3, 0.4) is 0 Å². The molecule has 8 nitrogen and oxygen atoms in total. The molecule has 3 rings (SSSR count). The molecular weight excluding hydrogens is 328 g/mol. The zero-order valence-corrected chi connectivity index (χ0v) is 14.0. The van der Waals surface area contributed by atoms with Gasteiger partial charge in [-0.2, -0.15) is 5.21 Å². The molecule has 0 bridgehead atoms. The standard InChI is InChI=1S/C15H16N6O2S/c1-3-23-9(2)15-16-8-12(24-15)14(22)17-11-6-4-10(5-7-11)13-18-20-21-19-13/h4-9H,3H2,1-2H3,(H,17,22)(H,18,19,20,21)/t9-/m0/s1. The third-order valence-electron chi connectivity index (χ3n) is 3.26. The predicted octanol–water partition coefficient (Wildman–Crippen LogP) is 2.67. The van der Waals surface area contributed by atoms with Gasteiger partial charge in [-0.05, 0) is 43.3 Å². The van der Waals surface area contributed by atoms with Crippen LogP contribution in [0.4, 0.5) is 5.69 Å². The Labute approximate surface area is 142 Å². The molecule has 0 radical (unpaired) electrons. The summed E-state index contributed by atoms with van der Waals surface area (Å²) in [7, 11) is 0. The van der Waals surface area contributed by atoms with Gasteiger partial charge in [-0.25, -0.2) is 4.98 Å². The van der Waals surface area contributed by atoms with Crippen molar-refractivity contribution in [2.75, 3.05) is 11.9 Å². The monoisotopic (exact) mass is 344 g/mol. The van der Waals surface area contributed by atoms with Gasteiger partial charge in [-0.15, -0.1) is 21.5 Å². The summed E-state index contributed by atoms with van der Waals surface area (Å²) < 4.78 is 5.48. The summed E-state index contributed by atoms with van der Waals surface area (Å²) >= 11 is 1.33. The highest BCUT2D eigenvalue weighted by molar-refractivity contribution is 7.13. The van der Waals surface area contributed by atoms with E-state index in [-0.39, 0.29) is 12.0 Å². The lowest BCUT2D eigenvalue weighted by atomic mass is 10.2. The van der Waals surface area contributed by atoms with E-state index < -0.39 is 0 Å². The number of carbonyl (C=O) groups is 1. The fourth-order valence-electron chi connectivity index (χ4n) is 2.08. The summed E-state index contributed by atoms with van der Waals surface area (Å²) in [6, 6.07) is 7.20. The highest BCUT2D eigenvalue weighted by atomic mass is 32.1. The summed E-state index contributed by atoms with van der Waals surface area (Å²) in [6.45, 7) is 4.45. The maximum absolute atomic E-state index is 12.3. The van der Waals surface area contributed by atoms with Crippen molar-refractivity contribution in [3.8, 4) is 11.4 Å². The number of hydrogen-bond donors (Lipinski definition) is 2. The fourth-order valence-corrected chi connectivity index (χ4v) is 2.90. The molecule has 1 amide bonds. The van der Waals surface area contributed by atoms with Crippen LogP contribution in [0.15, 0.2) is 30.5 Å². The number of rotatable bonds is 6. The summed E-state index contributed by atoms with van der Waals surface area (Å²) in [4.78, 5) is 17.1. The lowest BCUT2D eigenvalue weighted by Gasteiger charge is -2.07. The van der Waals surface area contributed by atoms with Crippen molar-refractivity contribution in [1.29, 1.82) is 0 Å². The van der Waals surface area contributed by atoms with E-state index in [4.69, 9.17) is 4.74 Å². The third-order valence-corrected chi connectivity index (χ3v) is 4.42. The molecule has 1 aromatic carbocycles. The molecule has 1 atom stereocenters. The lowest BCUT2D eigenvalue weighted by molar-refractivity contribution is 0.0762. The zero-order valence-electron chi connectivity index (χ0n) is 13.2. The Balaban J connectivity index is 1.66. The van der Waals surface area contributed by atoms with Crippen molar-refractivity contribution < 1.29 is 9.53 Å². The molecule has 3 aromatic rings. The Kier molecular flexibility index (Phi) is 4.92. The first-order valence-corrected chi connectivity index (χ1v) is 8.21. The van der Waals surface area contributed by atoms with Gasteiger partial charge in [0.2, 0.25) is 5.82 Å². The molecule has 0 saturated heterocycles. The van der Waals surface area contributed by atoms with Crippen molar-refractivity contribution in [2.24, 2.45) is 0 Å². The molecule has 24 heavy (non-hydrogen) atoms. The Hall–Kier alpha value is -2.65. The smallest absolute Gasteiger partial charge is 0.267 e. The van der Waals surface area contributed by atoms with Gasteiger partial charge >= 0.3 is 0 Å². The van der Waals surface area contributed by atoms with Gasteiger partial charge in [0, 0.05) is 17.9 Å². The van der Waals surface area contributed by atoms with Gasteiger partial charge in [-0.1, -0.05) is 0 Å². The number of benzene rings is 1. The molecule has 9 heteroatoms. The first-order valence-electron chi connectivity index (χ1n) is 7.40. The number of nitrogens with zero attached hydrogens (tertiary/aromatic N) is 4. The quantitative estimate of drug-likeness (QED) is 0.712. The second-order valence-electron chi connectivity index (χ2n) is 4.93. The molecule has 124 valence electrons. The molecule has 0 unspecified atom stereocenters. The molecule has 2 aromatic heterocycles. The highest BCUT2D eigenvalue weighted by Crippen LogP contribution is 2.24. The minimum absolute atomic E-state index is 0.115.